The van der Waals surface area contributed by atoms with Crippen molar-refractivity contribution in [2.45, 2.75) is 4.90 Å². The lowest BCUT2D eigenvalue weighted by molar-refractivity contribution is 0.0696. The van der Waals surface area contributed by atoms with Crippen LogP contribution < -0.4 is 9.46 Å². The molecule has 2 aromatic rings. The number of anilines is 1. The number of carboxylic acids is 1. The van der Waals surface area contributed by atoms with E-state index >= 15 is 0 Å². The number of ether oxygens (including phenoxy) is 1. The highest BCUT2D eigenvalue weighted by Crippen LogP contribution is 2.20. The van der Waals surface area contributed by atoms with Gasteiger partial charge in [0.25, 0.3) is 10.0 Å². The molecule has 7 nitrogen and oxygen atoms in total. The first-order valence-corrected chi connectivity index (χ1v) is 7.26. The molecule has 1 aromatic heterocycles. The number of sulfonamides is 1. The fourth-order valence-corrected chi connectivity index (χ4v) is 2.66. The number of aromatic carboxylic acids is 1. The second-order valence-electron chi connectivity index (χ2n) is 4.05. The predicted octanol–water partition coefficient (Wildman–Crippen LogP) is 1.59. The Balaban J connectivity index is 2.32. The van der Waals surface area contributed by atoms with Crippen LogP contribution in [0.2, 0.25) is 0 Å². The van der Waals surface area contributed by atoms with Gasteiger partial charge in [-0.2, -0.15) is 0 Å². The minimum Gasteiger partial charge on any atom is -0.497 e. The van der Waals surface area contributed by atoms with Crippen LogP contribution in [0.1, 0.15) is 10.4 Å². The molecule has 2 rings (SSSR count). The summed E-state index contributed by atoms with van der Waals surface area (Å²) in [5.74, 6) is -0.791. The smallest absolute Gasteiger partial charge is 0.337 e. The van der Waals surface area contributed by atoms with E-state index in [9.17, 15) is 13.2 Å². The van der Waals surface area contributed by atoms with Gasteiger partial charge in [-0.25, -0.2) is 13.2 Å². The summed E-state index contributed by atoms with van der Waals surface area (Å²) in [5, 5.41) is 8.86. The van der Waals surface area contributed by atoms with Gasteiger partial charge in [-0.15, -0.1) is 0 Å². The Kier molecular flexibility index (Phi) is 4.08. The van der Waals surface area contributed by atoms with Crippen LogP contribution in [-0.4, -0.2) is 31.6 Å². The van der Waals surface area contributed by atoms with Gasteiger partial charge in [0, 0.05) is 12.3 Å². The third-order valence-electron chi connectivity index (χ3n) is 2.59. The standard InChI is InChI=1S/C13H12N2O5S/c1-20-11-3-2-4-12(6-11)21(18,19)15-10-5-9(13(16)17)7-14-8-10/h2-8,15H,1H3,(H,16,17). The Hall–Kier alpha value is -2.61. The summed E-state index contributed by atoms with van der Waals surface area (Å²) < 4.78 is 31.7. The Morgan fingerprint density at radius 3 is 2.71 bits per heavy atom. The van der Waals surface area contributed by atoms with Crippen molar-refractivity contribution in [1.82, 2.24) is 4.98 Å². The van der Waals surface area contributed by atoms with Gasteiger partial charge >= 0.3 is 5.97 Å². The van der Waals surface area contributed by atoms with Crippen molar-refractivity contribution in [2.24, 2.45) is 0 Å². The van der Waals surface area contributed by atoms with Gasteiger partial charge in [-0.3, -0.25) is 9.71 Å². The Morgan fingerprint density at radius 1 is 1.29 bits per heavy atom. The Labute approximate surface area is 121 Å². The lowest BCUT2D eigenvalue weighted by atomic mass is 10.3. The fraction of sp³-hybridized carbons (Fsp3) is 0.0769. The van der Waals surface area contributed by atoms with Gasteiger partial charge in [-0.05, 0) is 18.2 Å². The first-order valence-electron chi connectivity index (χ1n) is 5.77. The molecule has 0 aliphatic carbocycles. The minimum absolute atomic E-state index is 0.00239. The molecule has 0 spiro atoms. The van der Waals surface area contributed by atoms with E-state index in [0.29, 0.717) is 5.75 Å². The number of benzene rings is 1. The first-order chi connectivity index (χ1) is 9.92. The number of hydrogen-bond acceptors (Lipinski definition) is 5. The fourth-order valence-electron chi connectivity index (χ4n) is 1.60. The van der Waals surface area contributed by atoms with Crippen LogP contribution >= 0.6 is 0 Å². The summed E-state index contributed by atoms with van der Waals surface area (Å²) in [6, 6.07) is 7.11. The summed E-state index contributed by atoms with van der Waals surface area (Å²) in [6.45, 7) is 0. The van der Waals surface area contributed by atoms with Crippen molar-refractivity contribution < 1.29 is 23.1 Å². The molecule has 8 heteroatoms. The predicted molar refractivity (Wildman–Crippen MR) is 75.0 cm³/mol. The molecule has 0 aliphatic rings. The van der Waals surface area contributed by atoms with E-state index in [1.165, 1.54) is 31.5 Å². The largest absolute Gasteiger partial charge is 0.497 e. The zero-order chi connectivity index (χ0) is 15.5. The van der Waals surface area contributed by atoms with Gasteiger partial charge in [0.15, 0.2) is 0 Å². The van der Waals surface area contributed by atoms with Crippen LogP contribution in [-0.2, 0) is 10.0 Å². The van der Waals surface area contributed by atoms with Crippen molar-refractivity contribution in [1.29, 1.82) is 0 Å². The van der Waals surface area contributed by atoms with E-state index in [-0.39, 0.29) is 16.1 Å². The summed E-state index contributed by atoms with van der Waals surface area (Å²) in [7, 11) is -2.42. The average molecular weight is 308 g/mol. The van der Waals surface area contributed by atoms with Gasteiger partial charge in [-0.1, -0.05) is 6.07 Å². The Morgan fingerprint density at radius 2 is 2.05 bits per heavy atom. The van der Waals surface area contributed by atoms with E-state index in [2.05, 4.69) is 9.71 Å². The third-order valence-corrected chi connectivity index (χ3v) is 3.97. The SMILES string of the molecule is COc1cccc(S(=O)(=O)Nc2cncc(C(=O)O)c2)c1. The highest BCUT2D eigenvalue weighted by atomic mass is 32.2. The molecule has 0 unspecified atom stereocenters. The van der Waals surface area contributed by atoms with E-state index < -0.39 is 16.0 Å². The highest BCUT2D eigenvalue weighted by molar-refractivity contribution is 7.92. The van der Waals surface area contributed by atoms with Crippen LogP contribution in [0.3, 0.4) is 0 Å². The molecule has 2 N–H and O–H groups in total. The minimum atomic E-state index is -3.85. The zero-order valence-corrected chi connectivity index (χ0v) is 11.8. The molecule has 0 fully saturated rings. The molecule has 0 atom stereocenters. The second kappa shape index (κ2) is 5.80. The van der Waals surface area contributed by atoms with Crippen molar-refractivity contribution >= 4 is 21.7 Å². The normalized spacial score (nSPS) is 10.9. The molecule has 0 aliphatic heterocycles. The number of methoxy groups -OCH3 is 1. The molecule has 110 valence electrons. The topological polar surface area (TPSA) is 106 Å². The van der Waals surface area contributed by atoms with Gasteiger partial charge in [0.1, 0.15) is 5.75 Å². The van der Waals surface area contributed by atoms with E-state index in [1.54, 1.807) is 12.1 Å². The average Bonchev–Trinajstić information content (AvgIpc) is 2.47. The number of hydrogen-bond donors (Lipinski definition) is 2. The number of aromatic nitrogens is 1. The van der Waals surface area contributed by atoms with Gasteiger partial charge in [0.05, 0.1) is 29.5 Å². The second-order valence-corrected chi connectivity index (χ2v) is 5.73. The van der Waals surface area contributed by atoms with Crippen LogP contribution in [0.5, 0.6) is 5.75 Å². The zero-order valence-electron chi connectivity index (χ0n) is 11.0. The van der Waals surface area contributed by atoms with Crippen LogP contribution in [0, 0.1) is 0 Å². The number of carbonyl (C=O) groups is 1. The van der Waals surface area contributed by atoms with E-state index in [0.717, 1.165) is 6.20 Å². The monoisotopic (exact) mass is 308 g/mol. The summed E-state index contributed by atoms with van der Waals surface area (Å²) >= 11 is 0. The molecule has 0 radical (unpaired) electrons. The van der Waals surface area contributed by atoms with Crippen molar-refractivity contribution in [3.63, 3.8) is 0 Å². The van der Waals surface area contributed by atoms with Gasteiger partial charge < -0.3 is 9.84 Å². The molecular formula is C13H12N2O5S. The molecule has 1 heterocycles. The quantitative estimate of drug-likeness (QED) is 0.869. The van der Waals surface area contributed by atoms with Crippen molar-refractivity contribution in [2.75, 3.05) is 11.8 Å². The van der Waals surface area contributed by atoms with Crippen molar-refractivity contribution in [3.05, 3.63) is 48.3 Å². The number of carboxylic acid groups (broad SMARTS) is 1. The molecule has 0 bridgehead atoms. The maximum Gasteiger partial charge on any atom is 0.337 e. The highest BCUT2D eigenvalue weighted by Gasteiger charge is 2.16. The van der Waals surface area contributed by atoms with Crippen molar-refractivity contribution in [3.8, 4) is 5.75 Å². The van der Waals surface area contributed by atoms with Crippen LogP contribution in [0.4, 0.5) is 5.69 Å². The van der Waals surface area contributed by atoms with Crippen LogP contribution in [0.15, 0.2) is 47.6 Å². The molecule has 0 amide bonds. The molecule has 1 aromatic carbocycles. The maximum atomic E-state index is 12.2. The van der Waals surface area contributed by atoms with Gasteiger partial charge in [0.2, 0.25) is 0 Å². The number of pyridine rings is 1. The summed E-state index contributed by atoms with van der Waals surface area (Å²) in [4.78, 5) is 14.5. The first kappa shape index (κ1) is 14.8. The molecule has 21 heavy (non-hydrogen) atoms. The molecule has 0 saturated heterocycles. The summed E-state index contributed by atoms with van der Waals surface area (Å²) in [5.41, 5.74) is -0.0430. The van der Waals surface area contributed by atoms with E-state index in [1.807, 2.05) is 0 Å². The molecular weight excluding hydrogens is 296 g/mol. The lowest BCUT2D eigenvalue weighted by Crippen LogP contribution is -2.13. The summed E-state index contributed by atoms with van der Waals surface area (Å²) in [6.07, 6.45) is 2.36. The molecule has 0 saturated carbocycles. The lowest BCUT2D eigenvalue weighted by Gasteiger charge is -2.09. The number of nitrogens with one attached hydrogen (secondary N) is 1. The third kappa shape index (κ3) is 3.48. The maximum absolute atomic E-state index is 12.2. The number of rotatable bonds is 5. The van der Waals surface area contributed by atoms with E-state index in [4.69, 9.17) is 9.84 Å². The Bertz CT molecular complexity index is 774. The van der Waals surface area contributed by atoms with Crippen LogP contribution in [0.25, 0.3) is 0 Å². The number of nitrogens with zero attached hydrogens (tertiary/aromatic N) is 1.